The van der Waals surface area contributed by atoms with Crippen molar-refractivity contribution in [2.75, 3.05) is 19.4 Å². The third kappa shape index (κ3) is 5.65. The summed E-state index contributed by atoms with van der Waals surface area (Å²) in [6, 6.07) is 7.07. The number of nitrogens with two attached hydrogens (primary N) is 1. The summed E-state index contributed by atoms with van der Waals surface area (Å²) < 4.78 is 26.3. The van der Waals surface area contributed by atoms with Gasteiger partial charge in [-0.3, -0.25) is 4.79 Å². The molecular weight excluding hydrogens is 256 g/mol. The predicted molar refractivity (Wildman–Crippen MR) is 67.7 cm³/mol. The molecule has 100 valence electrons. The first-order valence-electron chi connectivity index (χ1n) is 5.31. The molecule has 7 heteroatoms. The Morgan fingerprint density at radius 3 is 2.44 bits per heavy atom. The summed E-state index contributed by atoms with van der Waals surface area (Å²) in [6.45, 7) is 0.0216. The normalized spacial score (nSPS) is 11.0. The van der Waals surface area contributed by atoms with Gasteiger partial charge >= 0.3 is 0 Å². The van der Waals surface area contributed by atoms with Crippen molar-refractivity contribution in [3.8, 4) is 5.75 Å². The summed E-state index contributed by atoms with van der Waals surface area (Å²) in [4.78, 5) is 11.5. The average molecular weight is 272 g/mol. The van der Waals surface area contributed by atoms with E-state index < -0.39 is 10.0 Å². The standard InChI is InChI=1S/C11H16N2O4S/c1-17-10-4-2-9(3-5-10)8-11(14)13-6-7-18(12,15)16/h2-5H,6-8H2,1H3,(H,13,14)(H2,12,15,16). The van der Waals surface area contributed by atoms with Gasteiger partial charge in [0.2, 0.25) is 15.9 Å². The molecule has 1 aromatic carbocycles. The number of rotatable bonds is 6. The van der Waals surface area contributed by atoms with Crippen molar-refractivity contribution in [1.29, 1.82) is 0 Å². The maximum absolute atomic E-state index is 11.5. The summed E-state index contributed by atoms with van der Waals surface area (Å²) in [5.41, 5.74) is 0.823. The van der Waals surface area contributed by atoms with Gasteiger partial charge in [0.1, 0.15) is 5.75 Å². The number of hydrogen-bond acceptors (Lipinski definition) is 4. The average Bonchev–Trinajstić information content (AvgIpc) is 2.28. The smallest absolute Gasteiger partial charge is 0.224 e. The maximum Gasteiger partial charge on any atom is 0.224 e. The molecule has 3 N–H and O–H groups in total. The first-order valence-corrected chi connectivity index (χ1v) is 7.02. The lowest BCUT2D eigenvalue weighted by atomic mass is 10.1. The zero-order valence-electron chi connectivity index (χ0n) is 10.0. The van der Waals surface area contributed by atoms with Crippen LogP contribution >= 0.6 is 0 Å². The molecule has 0 bridgehead atoms. The van der Waals surface area contributed by atoms with Crippen LogP contribution in [0.25, 0.3) is 0 Å². The van der Waals surface area contributed by atoms with Gasteiger partial charge in [0.05, 0.1) is 19.3 Å². The minimum Gasteiger partial charge on any atom is -0.497 e. The monoisotopic (exact) mass is 272 g/mol. The topological polar surface area (TPSA) is 98.5 Å². The fraction of sp³-hybridized carbons (Fsp3) is 0.364. The Labute approximate surface area is 106 Å². The van der Waals surface area contributed by atoms with Crippen molar-refractivity contribution in [2.24, 2.45) is 5.14 Å². The first kappa shape index (κ1) is 14.5. The molecule has 0 heterocycles. The molecule has 1 rings (SSSR count). The highest BCUT2D eigenvalue weighted by Crippen LogP contribution is 2.11. The zero-order chi connectivity index (χ0) is 13.6. The molecule has 0 saturated carbocycles. The van der Waals surface area contributed by atoms with E-state index in [0.717, 1.165) is 5.56 Å². The van der Waals surface area contributed by atoms with Crippen LogP contribution in [0, 0.1) is 0 Å². The minimum absolute atomic E-state index is 0.0216. The molecular formula is C11H16N2O4S. The molecule has 0 aliphatic heterocycles. The third-order valence-corrected chi connectivity index (χ3v) is 3.01. The number of primary sulfonamides is 1. The molecule has 0 radical (unpaired) electrons. The quantitative estimate of drug-likeness (QED) is 0.739. The number of carbonyl (C=O) groups is 1. The number of ether oxygens (including phenoxy) is 1. The molecule has 0 spiro atoms. The zero-order valence-corrected chi connectivity index (χ0v) is 10.9. The molecule has 0 atom stereocenters. The van der Waals surface area contributed by atoms with Gasteiger partial charge in [-0.25, -0.2) is 13.6 Å². The van der Waals surface area contributed by atoms with Crippen molar-refractivity contribution in [2.45, 2.75) is 6.42 Å². The lowest BCUT2D eigenvalue weighted by molar-refractivity contribution is -0.120. The van der Waals surface area contributed by atoms with Gasteiger partial charge in [0.25, 0.3) is 0 Å². The van der Waals surface area contributed by atoms with Crippen LogP contribution in [0.1, 0.15) is 5.56 Å². The molecule has 0 unspecified atom stereocenters. The summed E-state index contributed by atoms with van der Waals surface area (Å²) in [7, 11) is -1.97. The van der Waals surface area contributed by atoms with Crippen LogP contribution in [0.4, 0.5) is 0 Å². The van der Waals surface area contributed by atoms with E-state index in [9.17, 15) is 13.2 Å². The Balaban J connectivity index is 2.39. The second kappa shape index (κ2) is 6.36. The highest BCUT2D eigenvalue weighted by molar-refractivity contribution is 7.89. The number of amides is 1. The van der Waals surface area contributed by atoms with Gasteiger partial charge in [-0.1, -0.05) is 12.1 Å². The first-order chi connectivity index (χ1) is 8.40. The molecule has 0 aliphatic rings. The number of benzene rings is 1. The van der Waals surface area contributed by atoms with E-state index in [1.165, 1.54) is 0 Å². The summed E-state index contributed by atoms with van der Waals surface area (Å²) in [5, 5.41) is 7.30. The van der Waals surface area contributed by atoms with Crippen molar-refractivity contribution in [3.63, 3.8) is 0 Å². The fourth-order valence-corrected chi connectivity index (χ4v) is 1.71. The van der Waals surface area contributed by atoms with E-state index in [-0.39, 0.29) is 24.6 Å². The molecule has 0 saturated heterocycles. The fourth-order valence-electron chi connectivity index (χ4n) is 1.32. The maximum atomic E-state index is 11.5. The summed E-state index contributed by atoms with van der Waals surface area (Å²) in [6.07, 6.45) is 0.189. The van der Waals surface area contributed by atoms with Crippen LogP contribution < -0.4 is 15.2 Å². The Kier molecular flexibility index (Phi) is 5.11. The lowest BCUT2D eigenvalue weighted by Crippen LogP contribution is -2.32. The van der Waals surface area contributed by atoms with Crippen molar-refractivity contribution < 1.29 is 17.9 Å². The van der Waals surface area contributed by atoms with Gasteiger partial charge in [-0.15, -0.1) is 0 Å². The highest BCUT2D eigenvalue weighted by atomic mass is 32.2. The number of methoxy groups -OCH3 is 1. The lowest BCUT2D eigenvalue weighted by Gasteiger charge is -2.05. The molecule has 18 heavy (non-hydrogen) atoms. The van der Waals surface area contributed by atoms with Crippen LogP contribution in [-0.2, 0) is 21.2 Å². The number of nitrogens with one attached hydrogen (secondary N) is 1. The van der Waals surface area contributed by atoms with E-state index in [4.69, 9.17) is 9.88 Å². The predicted octanol–water partition coefficient (Wildman–Crippen LogP) is -0.358. The van der Waals surface area contributed by atoms with Gasteiger partial charge in [-0.2, -0.15) is 0 Å². The molecule has 6 nitrogen and oxygen atoms in total. The van der Waals surface area contributed by atoms with Crippen molar-refractivity contribution in [3.05, 3.63) is 29.8 Å². The van der Waals surface area contributed by atoms with Crippen molar-refractivity contribution in [1.82, 2.24) is 5.32 Å². The Bertz CT molecular complexity index is 496. The molecule has 1 amide bonds. The third-order valence-electron chi connectivity index (χ3n) is 2.23. The van der Waals surface area contributed by atoms with Gasteiger partial charge in [0.15, 0.2) is 0 Å². The van der Waals surface area contributed by atoms with Gasteiger partial charge in [0, 0.05) is 6.54 Å². The van der Waals surface area contributed by atoms with Crippen molar-refractivity contribution >= 4 is 15.9 Å². The highest BCUT2D eigenvalue weighted by Gasteiger charge is 2.06. The second-order valence-corrected chi connectivity index (χ2v) is 5.48. The van der Waals surface area contributed by atoms with Crippen LogP contribution in [0.5, 0.6) is 5.75 Å². The van der Waals surface area contributed by atoms with E-state index in [1.807, 2.05) is 0 Å². The Morgan fingerprint density at radius 1 is 1.33 bits per heavy atom. The Hall–Kier alpha value is -1.60. The largest absolute Gasteiger partial charge is 0.497 e. The molecule has 0 aliphatic carbocycles. The minimum atomic E-state index is -3.53. The van der Waals surface area contributed by atoms with Crippen LogP contribution in [-0.4, -0.2) is 33.7 Å². The number of carbonyl (C=O) groups excluding carboxylic acids is 1. The molecule has 0 aromatic heterocycles. The van der Waals surface area contributed by atoms with E-state index >= 15 is 0 Å². The van der Waals surface area contributed by atoms with Gasteiger partial charge in [-0.05, 0) is 17.7 Å². The molecule has 1 aromatic rings. The summed E-state index contributed by atoms with van der Waals surface area (Å²) in [5.74, 6) is 0.207. The van der Waals surface area contributed by atoms with E-state index in [1.54, 1.807) is 31.4 Å². The second-order valence-electron chi connectivity index (χ2n) is 3.74. The Morgan fingerprint density at radius 2 is 1.94 bits per heavy atom. The molecule has 0 fully saturated rings. The van der Waals surface area contributed by atoms with Crippen LogP contribution in [0.2, 0.25) is 0 Å². The summed E-state index contributed by atoms with van der Waals surface area (Å²) >= 11 is 0. The van der Waals surface area contributed by atoms with Crippen LogP contribution in [0.15, 0.2) is 24.3 Å². The SMILES string of the molecule is COc1ccc(CC(=O)NCCS(N)(=O)=O)cc1. The van der Waals surface area contributed by atoms with Gasteiger partial charge < -0.3 is 10.1 Å². The number of sulfonamides is 1. The van der Waals surface area contributed by atoms with E-state index in [0.29, 0.717) is 5.75 Å². The van der Waals surface area contributed by atoms with E-state index in [2.05, 4.69) is 5.32 Å². The number of hydrogen-bond donors (Lipinski definition) is 2. The van der Waals surface area contributed by atoms with Crippen LogP contribution in [0.3, 0.4) is 0 Å².